The Bertz CT molecular complexity index is 340. The predicted molar refractivity (Wildman–Crippen MR) is 64.5 cm³/mol. The van der Waals surface area contributed by atoms with Gasteiger partial charge in [0.05, 0.1) is 5.69 Å². The molecule has 1 aromatic carbocycles. The minimum absolute atomic E-state index is 0.0141. The van der Waals surface area contributed by atoms with Crippen molar-refractivity contribution in [3.8, 4) is 0 Å². The number of nitrogens with two attached hydrogens (primary N) is 1. The van der Waals surface area contributed by atoms with Gasteiger partial charge in [0, 0.05) is 15.6 Å². The van der Waals surface area contributed by atoms with Crippen LogP contribution >= 0.6 is 34.2 Å². The molecular formula is C8H9ClIN3. The van der Waals surface area contributed by atoms with Gasteiger partial charge in [-0.3, -0.25) is 5.41 Å². The van der Waals surface area contributed by atoms with Crippen molar-refractivity contribution in [2.75, 3.05) is 11.9 Å². The largest absolute Gasteiger partial charge is 0.370 e. The van der Waals surface area contributed by atoms with E-state index in [4.69, 9.17) is 22.7 Å². The first-order valence-electron chi connectivity index (χ1n) is 3.55. The third kappa shape index (κ3) is 2.47. The minimum Gasteiger partial charge on any atom is -0.370 e. The topological polar surface area (TPSA) is 53.1 Å². The Morgan fingerprint density at radius 3 is 2.69 bits per heavy atom. The quantitative estimate of drug-likeness (QED) is 0.475. The lowest BCUT2D eigenvalue weighted by atomic mass is 10.3. The Labute approximate surface area is 95.5 Å². The SMILES string of the molecule is CN(C(=N)N)c1ccc(Cl)cc1I. The predicted octanol–water partition coefficient (Wildman–Crippen LogP) is 2.27. The Kier molecular flexibility index (Phi) is 3.38. The van der Waals surface area contributed by atoms with Crippen LogP contribution in [0.25, 0.3) is 0 Å². The first kappa shape index (κ1) is 10.6. The Morgan fingerprint density at radius 2 is 2.23 bits per heavy atom. The maximum Gasteiger partial charge on any atom is 0.192 e. The van der Waals surface area contributed by atoms with E-state index in [1.165, 1.54) is 0 Å². The maximum absolute atomic E-state index is 7.26. The van der Waals surface area contributed by atoms with Crippen LogP contribution in [-0.2, 0) is 0 Å². The number of nitrogens with one attached hydrogen (secondary N) is 1. The van der Waals surface area contributed by atoms with Gasteiger partial charge in [0.15, 0.2) is 5.96 Å². The van der Waals surface area contributed by atoms with E-state index in [-0.39, 0.29) is 5.96 Å². The zero-order valence-corrected chi connectivity index (χ0v) is 9.93. The van der Waals surface area contributed by atoms with Crippen LogP contribution in [0.2, 0.25) is 5.02 Å². The summed E-state index contributed by atoms with van der Waals surface area (Å²) in [4.78, 5) is 1.60. The first-order valence-corrected chi connectivity index (χ1v) is 5.01. The molecule has 13 heavy (non-hydrogen) atoms. The van der Waals surface area contributed by atoms with Crippen LogP contribution in [0.15, 0.2) is 18.2 Å². The lowest BCUT2D eigenvalue weighted by molar-refractivity contribution is 1.19. The molecule has 0 radical (unpaired) electrons. The summed E-state index contributed by atoms with van der Waals surface area (Å²) in [7, 11) is 1.74. The highest BCUT2D eigenvalue weighted by molar-refractivity contribution is 14.1. The smallest absolute Gasteiger partial charge is 0.192 e. The van der Waals surface area contributed by atoms with Crippen LogP contribution in [0.3, 0.4) is 0 Å². The average molecular weight is 310 g/mol. The highest BCUT2D eigenvalue weighted by Gasteiger charge is 2.07. The fraction of sp³-hybridized carbons (Fsp3) is 0.125. The van der Waals surface area contributed by atoms with Crippen LogP contribution in [0, 0.1) is 8.98 Å². The van der Waals surface area contributed by atoms with E-state index in [0.717, 1.165) is 9.26 Å². The maximum atomic E-state index is 7.26. The van der Waals surface area contributed by atoms with E-state index in [1.54, 1.807) is 18.0 Å². The van der Waals surface area contributed by atoms with Crippen molar-refractivity contribution < 1.29 is 0 Å². The van der Waals surface area contributed by atoms with Gasteiger partial charge < -0.3 is 10.6 Å². The molecule has 70 valence electrons. The molecule has 3 nitrogen and oxygen atoms in total. The van der Waals surface area contributed by atoms with Crippen molar-refractivity contribution >= 4 is 45.8 Å². The van der Waals surface area contributed by atoms with Crippen molar-refractivity contribution in [1.29, 1.82) is 5.41 Å². The molecular weight excluding hydrogens is 300 g/mol. The molecule has 0 bridgehead atoms. The first-order chi connectivity index (χ1) is 6.02. The number of nitrogens with zero attached hydrogens (tertiary/aromatic N) is 1. The van der Waals surface area contributed by atoms with Crippen LogP contribution in [0.4, 0.5) is 5.69 Å². The summed E-state index contributed by atoms with van der Waals surface area (Å²) in [6.45, 7) is 0. The molecule has 3 N–H and O–H groups in total. The standard InChI is InChI=1S/C8H9ClIN3/c1-13(8(11)12)7-3-2-5(9)4-6(7)10/h2-4H,1H3,(H3,11,12). The van der Waals surface area contributed by atoms with Crippen LogP contribution in [0.5, 0.6) is 0 Å². The molecule has 0 atom stereocenters. The molecule has 1 aromatic rings. The molecule has 1 rings (SSSR count). The summed E-state index contributed by atoms with van der Waals surface area (Å²) in [5.74, 6) is 0.0141. The second kappa shape index (κ2) is 4.15. The molecule has 0 spiro atoms. The second-order valence-corrected chi connectivity index (χ2v) is 4.14. The normalized spacial score (nSPS) is 9.77. The number of anilines is 1. The molecule has 0 amide bonds. The molecule has 0 aromatic heterocycles. The third-order valence-electron chi connectivity index (χ3n) is 1.63. The van der Waals surface area contributed by atoms with Gasteiger partial charge in [-0.25, -0.2) is 0 Å². The van der Waals surface area contributed by atoms with E-state index in [2.05, 4.69) is 22.6 Å². The molecule has 0 fully saturated rings. The van der Waals surface area contributed by atoms with Gasteiger partial charge in [0.1, 0.15) is 0 Å². The van der Waals surface area contributed by atoms with E-state index in [1.807, 2.05) is 12.1 Å². The molecule has 5 heteroatoms. The average Bonchev–Trinajstić information content (AvgIpc) is 2.03. The summed E-state index contributed by atoms with van der Waals surface area (Å²) < 4.78 is 0.975. The second-order valence-electron chi connectivity index (χ2n) is 2.54. The van der Waals surface area contributed by atoms with Gasteiger partial charge in [-0.15, -0.1) is 0 Å². The van der Waals surface area contributed by atoms with Crippen molar-refractivity contribution in [1.82, 2.24) is 0 Å². The minimum atomic E-state index is 0.0141. The van der Waals surface area contributed by atoms with E-state index < -0.39 is 0 Å². The Hall–Kier alpha value is -0.490. The number of guanidine groups is 1. The highest BCUT2D eigenvalue weighted by atomic mass is 127. The van der Waals surface area contributed by atoms with E-state index in [0.29, 0.717) is 5.02 Å². The molecule has 0 aliphatic rings. The molecule has 0 aliphatic carbocycles. The van der Waals surface area contributed by atoms with E-state index >= 15 is 0 Å². The van der Waals surface area contributed by atoms with Crippen molar-refractivity contribution in [3.05, 3.63) is 26.8 Å². The number of hydrogen-bond donors (Lipinski definition) is 2. The number of benzene rings is 1. The number of rotatable bonds is 1. The zero-order valence-electron chi connectivity index (χ0n) is 7.01. The van der Waals surface area contributed by atoms with Gasteiger partial charge in [-0.2, -0.15) is 0 Å². The number of hydrogen-bond acceptors (Lipinski definition) is 1. The van der Waals surface area contributed by atoms with Gasteiger partial charge in [-0.05, 0) is 40.8 Å². The van der Waals surface area contributed by atoms with Crippen LogP contribution in [-0.4, -0.2) is 13.0 Å². The molecule has 0 aliphatic heterocycles. The van der Waals surface area contributed by atoms with Gasteiger partial charge in [-0.1, -0.05) is 11.6 Å². The van der Waals surface area contributed by atoms with Gasteiger partial charge >= 0.3 is 0 Å². The fourth-order valence-electron chi connectivity index (χ4n) is 0.883. The Balaban J connectivity index is 3.08. The molecule has 0 heterocycles. The fourth-order valence-corrected chi connectivity index (χ4v) is 2.12. The summed E-state index contributed by atoms with van der Waals surface area (Å²) in [5.41, 5.74) is 6.23. The summed E-state index contributed by atoms with van der Waals surface area (Å²) in [6.07, 6.45) is 0. The molecule has 0 unspecified atom stereocenters. The van der Waals surface area contributed by atoms with Crippen LogP contribution in [0.1, 0.15) is 0 Å². The summed E-state index contributed by atoms with van der Waals surface area (Å²) in [5, 5.41) is 7.94. The van der Waals surface area contributed by atoms with Crippen LogP contribution < -0.4 is 10.6 Å². The lowest BCUT2D eigenvalue weighted by Crippen LogP contribution is -2.33. The van der Waals surface area contributed by atoms with Gasteiger partial charge in [0.25, 0.3) is 0 Å². The van der Waals surface area contributed by atoms with Crippen molar-refractivity contribution in [2.24, 2.45) is 5.73 Å². The molecule has 0 saturated heterocycles. The third-order valence-corrected chi connectivity index (χ3v) is 2.73. The summed E-state index contributed by atoms with van der Waals surface area (Å²) in [6, 6.07) is 5.45. The lowest BCUT2D eigenvalue weighted by Gasteiger charge is -2.18. The van der Waals surface area contributed by atoms with E-state index in [9.17, 15) is 0 Å². The monoisotopic (exact) mass is 309 g/mol. The Morgan fingerprint density at radius 1 is 1.62 bits per heavy atom. The molecule has 0 saturated carbocycles. The zero-order chi connectivity index (χ0) is 10.0. The summed E-state index contributed by atoms with van der Waals surface area (Å²) >= 11 is 7.95. The number of halogens is 2. The van der Waals surface area contributed by atoms with Gasteiger partial charge in [0.2, 0.25) is 0 Å². The van der Waals surface area contributed by atoms with Crippen molar-refractivity contribution in [3.63, 3.8) is 0 Å². The van der Waals surface area contributed by atoms with Crippen molar-refractivity contribution in [2.45, 2.75) is 0 Å². The highest BCUT2D eigenvalue weighted by Crippen LogP contribution is 2.24.